The molecule has 1 aliphatic heterocycles. The first-order chi connectivity index (χ1) is 14.2. The Balaban J connectivity index is 1.32. The summed E-state index contributed by atoms with van der Waals surface area (Å²) in [5.74, 6) is 1.62. The third kappa shape index (κ3) is 3.58. The van der Waals surface area contributed by atoms with Gasteiger partial charge in [0, 0.05) is 45.0 Å². The fourth-order valence-corrected chi connectivity index (χ4v) is 4.13. The van der Waals surface area contributed by atoms with Crippen LogP contribution >= 0.6 is 0 Å². The van der Waals surface area contributed by atoms with E-state index in [1.54, 1.807) is 31.6 Å². The summed E-state index contributed by atoms with van der Waals surface area (Å²) in [6, 6.07) is 7.26. The van der Waals surface area contributed by atoms with Crippen LogP contribution in [0.25, 0.3) is 11.6 Å². The predicted molar refractivity (Wildman–Crippen MR) is 107 cm³/mol. The molecule has 7 heteroatoms. The van der Waals surface area contributed by atoms with Crippen molar-refractivity contribution in [3.63, 3.8) is 0 Å². The first kappa shape index (κ1) is 18.1. The van der Waals surface area contributed by atoms with Crippen LogP contribution in [0.5, 0.6) is 0 Å². The first-order valence-corrected chi connectivity index (χ1v) is 9.89. The van der Waals surface area contributed by atoms with Crippen molar-refractivity contribution in [1.29, 1.82) is 0 Å². The maximum Gasteiger partial charge on any atom is 0.197 e. The van der Waals surface area contributed by atoms with Gasteiger partial charge in [0.15, 0.2) is 11.6 Å². The number of aromatic nitrogens is 4. The van der Waals surface area contributed by atoms with E-state index >= 15 is 0 Å². The van der Waals surface area contributed by atoms with Crippen LogP contribution in [-0.2, 0) is 4.74 Å². The Hall–Kier alpha value is -2.93. The molecule has 148 valence electrons. The minimum absolute atomic E-state index is 0.168. The molecule has 3 atom stereocenters. The molecule has 6 nitrogen and oxygen atoms in total. The van der Waals surface area contributed by atoms with Crippen molar-refractivity contribution in [1.82, 2.24) is 19.9 Å². The van der Waals surface area contributed by atoms with E-state index in [1.165, 1.54) is 5.56 Å². The minimum Gasteiger partial charge on any atom is -0.380 e. The van der Waals surface area contributed by atoms with Crippen molar-refractivity contribution in [3.8, 4) is 11.6 Å². The van der Waals surface area contributed by atoms with E-state index < -0.39 is 0 Å². The predicted octanol–water partition coefficient (Wildman–Crippen LogP) is 3.57. The maximum atomic E-state index is 14.4. The minimum atomic E-state index is -0.168. The highest BCUT2D eigenvalue weighted by atomic mass is 19.1. The number of methoxy groups -OCH3 is 1. The lowest BCUT2D eigenvalue weighted by molar-refractivity contribution is 0.121. The van der Waals surface area contributed by atoms with Crippen LogP contribution in [0.4, 0.5) is 10.1 Å². The topological polar surface area (TPSA) is 64.0 Å². The molecule has 0 amide bonds. The van der Waals surface area contributed by atoms with Gasteiger partial charge in [0.1, 0.15) is 5.82 Å². The Morgan fingerprint density at radius 3 is 2.45 bits per heavy atom. The zero-order valence-corrected chi connectivity index (χ0v) is 16.2. The summed E-state index contributed by atoms with van der Waals surface area (Å²) in [6.45, 7) is 1.56. The highest BCUT2D eigenvalue weighted by Crippen LogP contribution is 2.55. The Kier molecular flexibility index (Phi) is 4.67. The van der Waals surface area contributed by atoms with Crippen LogP contribution in [0.2, 0.25) is 0 Å². The van der Waals surface area contributed by atoms with Crippen LogP contribution in [0.1, 0.15) is 35.8 Å². The van der Waals surface area contributed by atoms with Gasteiger partial charge in [0.25, 0.3) is 0 Å². The van der Waals surface area contributed by atoms with E-state index in [9.17, 15) is 4.39 Å². The van der Waals surface area contributed by atoms with Crippen molar-refractivity contribution in [2.45, 2.75) is 30.8 Å². The number of halogens is 1. The number of hydrogen-bond donors (Lipinski definition) is 0. The van der Waals surface area contributed by atoms with E-state index in [2.05, 4.69) is 24.8 Å². The lowest BCUT2D eigenvalue weighted by atomic mass is 10.1. The summed E-state index contributed by atoms with van der Waals surface area (Å²) >= 11 is 0. The second-order valence-electron chi connectivity index (χ2n) is 7.66. The molecule has 5 rings (SSSR count). The number of rotatable bonds is 5. The largest absolute Gasteiger partial charge is 0.380 e. The van der Waals surface area contributed by atoms with Crippen LogP contribution in [0, 0.1) is 5.82 Å². The van der Waals surface area contributed by atoms with E-state index in [0.717, 1.165) is 31.5 Å². The van der Waals surface area contributed by atoms with E-state index in [-0.39, 0.29) is 11.9 Å². The van der Waals surface area contributed by atoms with Gasteiger partial charge in [-0.3, -0.25) is 0 Å². The molecule has 1 aliphatic carbocycles. The van der Waals surface area contributed by atoms with Crippen molar-refractivity contribution < 1.29 is 9.13 Å². The number of ether oxygens (including phenoxy) is 1. The molecule has 3 heterocycles. The van der Waals surface area contributed by atoms with Gasteiger partial charge in [-0.2, -0.15) is 0 Å². The molecule has 29 heavy (non-hydrogen) atoms. The standard InChI is InChI=1S/C22H22FN5O/c1-29-16-5-8-28(13-16)20-9-14(3-4-19(20)23)17-10-18(17)15-11-26-22(27-12-15)21-24-6-2-7-25-21/h2-4,6-7,9,11-12,16-18H,5,8,10,13H2,1H3/t16-,17+,18-/m0/s1. The lowest BCUT2D eigenvalue weighted by Gasteiger charge is -2.20. The number of anilines is 1. The summed E-state index contributed by atoms with van der Waals surface area (Å²) in [6.07, 6.45) is 9.21. The molecule has 0 N–H and O–H groups in total. The van der Waals surface area contributed by atoms with Gasteiger partial charge in [-0.25, -0.2) is 24.3 Å². The molecule has 0 spiro atoms. The van der Waals surface area contributed by atoms with Crippen LogP contribution in [0.15, 0.2) is 49.1 Å². The molecule has 0 unspecified atom stereocenters. The molecule has 1 saturated heterocycles. The van der Waals surface area contributed by atoms with E-state index in [0.29, 0.717) is 29.2 Å². The Morgan fingerprint density at radius 2 is 1.72 bits per heavy atom. The van der Waals surface area contributed by atoms with Gasteiger partial charge in [-0.1, -0.05) is 6.07 Å². The normalized spacial score (nSPS) is 23.4. The monoisotopic (exact) mass is 391 g/mol. The maximum absolute atomic E-state index is 14.4. The van der Waals surface area contributed by atoms with Crippen LogP contribution in [0.3, 0.4) is 0 Å². The van der Waals surface area contributed by atoms with Gasteiger partial charge in [-0.15, -0.1) is 0 Å². The number of hydrogen-bond acceptors (Lipinski definition) is 6. The van der Waals surface area contributed by atoms with Crippen molar-refractivity contribution in [3.05, 3.63) is 66.0 Å². The second-order valence-corrected chi connectivity index (χ2v) is 7.66. The summed E-state index contributed by atoms with van der Waals surface area (Å²) in [5.41, 5.74) is 2.95. The summed E-state index contributed by atoms with van der Waals surface area (Å²) in [7, 11) is 1.72. The first-order valence-electron chi connectivity index (χ1n) is 9.89. The summed E-state index contributed by atoms with van der Waals surface area (Å²) in [5, 5.41) is 0. The van der Waals surface area contributed by atoms with Gasteiger partial charge >= 0.3 is 0 Å². The van der Waals surface area contributed by atoms with Crippen molar-refractivity contribution >= 4 is 5.69 Å². The Bertz CT molecular complexity index is 998. The zero-order valence-electron chi connectivity index (χ0n) is 16.2. The van der Waals surface area contributed by atoms with Crippen LogP contribution < -0.4 is 4.90 Å². The fraction of sp³-hybridized carbons (Fsp3) is 0.364. The molecule has 0 bridgehead atoms. The fourth-order valence-electron chi connectivity index (χ4n) is 4.13. The van der Waals surface area contributed by atoms with Crippen molar-refractivity contribution in [2.24, 2.45) is 0 Å². The lowest BCUT2D eigenvalue weighted by Crippen LogP contribution is -2.23. The molecule has 2 aliphatic rings. The molecule has 2 fully saturated rings. The smallest absolute Gasteiger partial charge is 0.197 e. The highest BCUT2D eigenvalue weighted by molar-refractivity contribution is 5.53. The molecular weight excluding hydrogens is 369 g/mol. The molecule has 2 aromatic heterocycles. The number of nitrogens with zero attached hydrogens (tertiary/aromatic N) is 5. The van der Waals surface area contributed by atoms with E-state index in [1.807, 2.05) is 24.5 Å². The summed E-state index contributed by atoms with van der Waals surface area (Å²) < 4.78 is 19.9. The van der Waals surface area contributed by atoms with E-state index in [4.69, 9.17) is 4.74 Å². The van der Waals surface area contributed by atoms with Gasteiger partial charge < -0.3 is 9.64 Å². The molecule has 3 aromatic rings. The number of benzene rings is 1. The molecule has 1 saturated carbocycles. The Labute approximate surface area is 168 Å². The highest BCUT2D eigenvalue weighted by Gasteiger charge is 2.40. The third-order valence-electron chi connectivity index (χ3n) is 5.87. The average molecular weight is 391 g/mol. The van der Waals surface area contributed by atoms with Crippen LogP contribution in [-0.4, -0.2) is 46.2 Å². The quantitative estimate of drug-likeness (QED) is 0.663. The molecular formula is C22H22FN5O. The third-order valence-corrected chi connectivity index (χ3v) is 5.87. The van der Waals surface area contributed by atoms with Crippen molar-refractivity contribution in [2.75, 3.05) is 25.1 Å². The van der Waals surface area contributed by atoms with Gasteiger partial charge in [-0.05, 0) is 54.0 Å². The second kappa shape index (κ2) is 7.48. The zero-order chi connectivity index (χ0) is 19.8. The van der Waals surface area contributed by atoms with Gasteiger partial charge in [0.2, 0.25) is 0 Å². The summed E-state index contributed by atoms with van der Waals surface area (Å²) in [4.78, 5) is 19.3. The molecule has 1 aromatic carbocycles. The van der Waals surface area contributed by atoms with Gasteiger partial charge in [0.05, 0.1) is 11.8 Å². The molecule has 0 radical (unpaired) electrons. The SMILES string of the molecule is CO[C@H]1CCN(c2cc([C@H]3C[C@H]3c3cnc(-c4ncccn4)nc3)ccc2F)C1. The average Bonchev–Trinajstić information content (AvgIpc) is 3.43. The Morgan fingerprint density at radius 1 is 1.00 bits per heavy atom.